The second kappa shape index (κ2) is 8.79. The first-order valence-electron chi connectivity index (χ1n) is 8.27. The third-order valence-corrected chi connectivity index (χ3v) is 3.99. The molecular formula is C20H16ClN5O. The van der Waals surface area contributed by atoms with Gasteiger partial charge < -0.3 is 10.6 Å². The molecule has 0 saturated carbocycles. The third kappa shape index (κ3) is 5.27. The van der Waals surface area contributed by atoms with Crippen LogP contribution in [0, 0.1) is 11.3 Å². The molecule has 0 atom stereocenters. The molecule has 7 heteroatoms. The lowest BCUT2D eigenvalue weighted by Crippen LogP contribution is -2.15. The number of hydrogen-bond acceptors (Lipinski definition) is 5. The Morgan fingerprint density at radius 3 is 2.67 bits per heavy atom. The maximum atomic E-state index is 12.2. The Hall–Kier alpha value is -3.43. The number of carbonyl (C=O) groups excluding carboxylic acids is 1. The SMILES string of the molecule is N#Cc1cccc(NC(=O)c2ccc(NCCc3cccc(Cl)c3)nn2)c1. The van der Waals surface area contributed by atoms with Crippen LogP contribution in [0.4, 0.5) is 11.5 Å². The molecule has 0 aliphatic rings. The average Bonchev–Trinajstić information content (AvgIpc) is 2.69. The van der Waals surface area contributed by atoms with Crippen molar-refractivity contribution in [2.45, 2.75) is 6.42 Å². The van der Waals surface area contributed by atoms with Gasteiger partial charge in [0.1, 0.15) is 5.82 Å². The molecule has 3 aromatic rings. The Balaban J connectivity index is 1.54. The van der Waals surface area contributed by atoms with Gasteiger partial charge in [0, 0.05) is 17.3 Å². The number of anilines is 2. The highest BCUT2D eigenvalue weighted by Crippen LogP contribution is 2.13. The Labute approximate surface area is 161 Å². The molecule has 2 aromatic carbocycles. The summed E-state index contributed by atoms with van der Waals surface area (Å²) in [6, 6.07) is 19.7. The number of nitrogens with zero attached hydrogens (tertiary/aromatic N) is 3. The maximum Gasteiger partial charge on any atom is 0.276 e. The minimum absolute atomic E-state index is 0.192. The highest BCUT2D eigenvalue weighted by atomic mass is 35.5. The summed E-state index contributed by atoms with van der Waals surface area (Å²) in [4.78, 5) is 12.2. The fourth-order valence-corrected chi connectivity index (χ4v) is 2.65. The van der Waals surface area contributed by atoms with Crippen LogP contribution < -0.4 is 10.6 Å². The van der Waals surface area contributed by atoms with Gasteiger partial charge in [-0.05, 0) is 54.4 Å². The normalized spacial score (nSPS) is 10.1. The molecule has 3 rings (SSSR count). The molecule has 0 aliphatic heterocycles. The van der Waals surface area contributed by atoms with Crippen LogP contribution in [0.2, 0.25) is 5.02 Å². The van der Waals surface area contributed by atoms with Crippen LogP contribution >= 0.6 is 11.6 Å². The quantitative estimate of drug-likeness (QED) is 0.679. The van der Waals surface area contributed by atoms with Gasteiger partial charge in [-0.25, -0.2) is 0 Å². The van der Waals surface area contributed by atoms with Gasteiger partial charge in [-0.15, -0.1) is 10.2 Å². The Morgan fingerprint density at radius 2 is 1.93 bits per heavy atom. The average molecular weight is 378 g/mol. The zero-order valence-electron chi connectivity index (χ0n) is 14.3. The maximum absolute atomic E-state index is 12.2. The molecular weight excluding hydrogens is 362 g/mol. The molecule has 0 fully saturated rings. The predicted molar refractivity (Wildman–Crippen MR) is 105 cm³/mol. The minimum Gasteiger partial charge on any atom is -0.368 e. The Bertz CT molecular complexity index is 982. The first kappa shape index (κ1) is 18.4. The summed E-state index contributed by atoms with van der Waals surface area (Å²) in [5.74, 6) is 0.197. The fraction of sp³-hybridized carbons (Fsp3) is 0.100. The van der Waals surface area contributed by atoms with Crippen LogP contribution in [0.25, 0.3) is 0 Å². The molecule has 0 bridgehead atoms. The van der Waals surface area contributed by atoms with Crippen molar-refractivity contribution in [1.29, 1.82) is 5.26 Å². The number of halogens is 1. The molecule has 0 radical (unpaired) electrons. The highest BCUT2D eigenvalue weighted by Gasteiger charge is 2.09. The van der Waals surface area contributed by atoms with Gasteiger partial charge in [0.2, 0.25) is 0 Å². The van der Waals surface area contributed by atoms with Gasteiger partial charge in [0.15, 0.2) is 5.69 Å². The van der Waals surface area contributed by atoms with Crippen LogP contribution in [-0.4, -0.2) is 22.6 Å². The van der Waals surface area contributed by atoms with E-state index < -0.39 is 0 Å². The minimum atomic E-state index is -0.386. The summed E-state index contributed by atoms with van der Waals surface area (Å²) in [5, 5.41) is 23.4. The van der Waals surface area contributed by atoms with Crippen LogP contribution in [-0.2, 0) is 6.42 Å². The van der Waals surface area contributed by atoms with E-state index in [4.69, 9.17) is 16.9 Å². The molecule has 0 unspecified atom stereocenters. The summed E-state index contributed by atoms with van der Waals surface area (Å²) in [6.45, 7) is 0.668. The van der Waals surface area contributed by atoms with Crippen molar-refractivity contribution in [2.75, 3.05) is 17.2 Å². The van der Waals surface area contributed by atoms with Crippen molar-refractivity contribution in [1.82, 2.24) is 10.2 Å². The lowest BCUT2D eigenvalue weighted by molar-refractivity contribution is 0.102. The molecule has 6 nitrogen and oxygen atoms in total. The van der Waals surface area contributed by atoms with Gasteiger partial charge in [0.25, 0.3) is 5.91 Å². The lowest BCUT2D eigenvalue weighted by Gasteiger charge is -2.07. The number of carbonyl (C=O) groups is 1. The molecule has 0 saturated heterocycles. The number of nitriles is 1. The largest absolute Gasteiger partial charge is 0.368 e. The Kier molecular flexibility index (Phi) is 5.98. The van der Waals surface area contributed by atoms with Crippen molar-refractivity contribution < 1.29 is 4.79 Å². The van der Waals surface area contributed by atoms with E-state index in [1.165, 1.54) is 0 Å². The standard InChI is InChI=1S/C20H16ClN5O/c21-16-5-1-3-14(11-16)9-10-23-19-8-7-18(25-26-19)20(27)24-17-6-2-4-15(12-17)13-22/h1-8,11-12H,9-10H2,(H,23,26)(H,24,27). The second-order valence-electron chi connectivity index (χ2n) is 5.76. The van der Waals surface area contributed by atoms with E-state index in [-0.39, 0.29) is 11.6 Å². The number of amides is 1. The molecule has 1 heterocycles. The number of hydrogen-bond donors (Lipinski definition) is 2. The fourth-order valence-electron chi connectivity index (χ4n) is 2.44. The molecule has 2 N–H and O–H groups in total. The molecule has 0 spiro atoms. The van der Waals surface area contributed by atoms with Crippen molar-refractivity contribution in [3.05, 3.63) is 82.5 Å². The summed E-state index contributed by atoms with van der Waals surface area (Å²) < 4.78 is 0. The Morgan fingerprint density at radius 1 is 1.07 bits per heavy atom. The smallest absolute Gasteiger partial charge is 0.276 e. The van der Waals surface area contributed by atoms with E-state index in [9.17, 15) is 4.79 Å². The van der Waals surface area contributed by atoms with Crippen molar-refractivity contribution >= 4 is 29.0 Å². The van der Waals surface area contributed by atoms with Crippen molar-refractivity contribution in [3.63, 3.8) is 0 Å². The predicted octanol–water partition coefficient (Wildman–Crippen LogP) is 3.91. The summed E-state index contributed by atoms with van der Waals surface area (Å²) in [6.07, 6.45) is 0.791. The number of rotatable bonds is 6. The zero-order chi connectivity index (χ0) is 19.1. The molecule has 0 aliphatic carbocycles. The van der Waals surface area contributed by atoms with E-state index in [1.54, 1.807) is 36.4 Å². The first-order valence-corrected chi connectivity index (χ1v) is 8.65. The molecule has 1 amide bonds. The highest BCUT2D eigenvalue weighted by molar-refractivity contribution is 6.30. The second-order valence-corrected chi connectivity index (χ2v) is 6.19. The van der Waals surface area contributed by atoms with Crippen LogP contribution in [0.1, 0.15) is 21.6 Å². The van der Waals surface area contributed by atoms with E-state index in [1.807, 2.05) is 30.3 Å². The van der Waals surface area contributed by atoms with Crippen LogP contribution in [0.3, 0.4) is 0 Å². The van der Waals surface area contributed by atoms with Gasteiger partial charge >= 0.3 is 0 Å². The van der Waals surface area contributed by atoms with Gasteiger partial charge in [-0.1, -0.05) is 29.8 Å². The lowest BCUT2D eigenvalue weighted by atomic mass is 10.1. The number of aromatic nitrogens is 2. The first-order chi connectivity index (χ1) is 13.1. The molecule has 27 heavy (non-hydrogen) atoms. The number of nitrogens with one attached hydrogen (secondary N) is 2. The van der Waals surface area contributed by atoms with Crippen molar-refractivity contribution in [3.8, 4) is 6.07 Å². The third-order valence-electron chi connectivity index (χ3n) is 3.76. The van der Waals surface area contributed by atoms with E-state index >= 15 is 0 Å². The van der Waals surface area contributed by atoms with Gasteiger partial charge in [0.05, 0.1) is 11.6 Å². The van der Waals surface area contributed by atoms with E-state index in [0.29, 0.717) is 28.6 Å². The van der Waals surface area contributed by atoms with Gasteiger partial charge in [-0.2, -0.15) is 5.26 Å². The van der Waals surface area contributed by atoms with Crippen molar-refractivity contribution in [2.24, 2.45) is 0 Å². The number of benzene rings is 2. The van der Waals surface area contributed by atoms with E-state index in [2.05, 4.69) is 20.8 Å². The zero-order valence-corrected chi connectivity index (χ0v) is 15.1. The van der Waals surface area contributed by atoms with Crippen LogP contribution in [0.5, 0.6) is 0 Å². The van der Waals surface area contributed by atoms with E-state index in [0.717, 1.165) is 12.0 Å². The molecule has 1 aromatic heterocycles. The summed E-state index contributed by atoms with van der Waals surface area (Å²) in [7, 11) is 0. The van der Waals surface area contributed by atoms with Gasteiger partial charge in [-0.3, -0.25) is 4.79 Å². The molecule has 134 valence electrons. The van der Waals surface area contributed by atoms with Crippen LogP contribution in [0.15, 0.2) is 60.7 Å². The summed E-state index contributed by atoms with van der Waals surface area (Å²) >= 11 is 5.97. The monoisotopic (exact) mass is 377 g/mol. The topological polar surface area (TPSA) is 90.7 Å². The summed E-state index contributed by atoms with van der Waals surface area (Å²) in [5.41, 5.74) is 2.32.